The van der Waals surface area contributed by atoms with Crippen LogP contribution in [0.5, 0.6) is 0 Å². The van der Waals surface area contributed by atoms with E-state index in [0.717, 1.165) is 31.2 Å². The highest BCUT2D eigenvalue weighted by Crippen LogP contribution is 2.05. The first-order chi connectivity index (χ1) is 8.72. The molecule has 5 heteroatoms. The molecule has 1 aromatic heterocycles. The topological polar surface area (TPSA) is 56.5 Å². The molecule has 0 aliphatic rings. The highest BCUT2D eigenvalue weighted by atomic mass is 16.5. The second-order valence-electron chi connectivity index (χ2n) is 4.59. The van der Waals surface area contributed by atoms with Gasteiger partial charge in [0.15, 0.2) is 5.76 Å². The van der Waals surface area contributed by atoms with Crippen molar-refractivity contribution in [2.75, 3.05) is 26.4 Å². The van der Waals surface area contributed by atoms with Gasteiger partial charge in [-0.15, -0.1) is 0 Å². The van der Waals surface area contributed by atoms with Crippen molar-refractivity contribution in [3.05, 3.63) is 17.5 Å². The van der Waals surface area contributed by atoms with Crippen LogP contribution >= 0.6 is 0 Å². The molecule has 0 unspecified atom stereocenters. The normalized spacial score (nSPS) is 11.3. The standard InChI is InChI=1S/C13H24N2O3/c1-4-14-8-12-7-13(18-15-12)10-17-6-5-16-9-11(2)3/h7,11,14H,4-6,8-10H2,1-3H3. The molecule has 1 aromatic rings. The van der Waals surface area contributed by atoms with Crippen molar-refractivity contribution in [2.24, 2.45) is 5.92 Å². The summed E-state index contributed by atoms with van der Waals surface area (Å²) < 4.78 is 16.0. The van der Waals surface area contributed by atoms with Crippen molar-refractivity contribution in [3.8, 4) is 0 Å². The van der Waals surface area contributed by atoms with Gasteiger partial charge in [-0.25, -0.2) is 0 Å². The highest BCUT2D eigenvalue weighted by molar-refractivity contribution is 5.04. The fourth-order valence-electron chi connectivity index (χ4n) is 1.37. The quantitative estimate of drug-likeness (QED) is 0.649. The lowest BCUT2D eigenvalue weighted by Crippen LogP contribution is -2.11. The maximum Gasteiger partial charge on any atom is 0.162 e. The molecule has 0 aliphatic heterocycles. The van der Waals surface area contributed by atoms with Gasteiger partial charge in [0, 0.05) is 19.2 Å². The van der Waals surface area contributed by atoms with Crippen molar-refractivity contribution in [1.29, 1.82) is 0 Å². The largest absolute Gasteiger partial charge is 0.379 e. The third-order valence-electron chi connectivity index (χ3n) is 2.23. The Morgan fingerprint density at radius 1 is 1.33 bits per heavy atom. The van der Waals surface area contributed by atoms with Gasteiger partial charge in [0.2, 0.25) is 0 Å². The summed E-state index contributed by atoms with van der Waals surface area (Å²) in [6.45, 7) is 10.4. The molecule has 0 aromatic carbocycles. The molecule has 0 saturated carbocycles. The minimum Gasteiger partial charge on any atom is -0.379 e. The first kappa shape index (κ1) is 15.1. The van der Waals surface area contributed by atoms with Crippen LogP contribution in [0.15, 0.2) is 10.6 Å². The first-order valence-electron chi connectivity index (χ1n) is 6.53. The fraction of sp³-hybridized carbons (Fsp3) is 0.769. The van der Waals surface area contributed by atoms with Gasteiger partial charge in [0.25, 0.3) is 0 Å². The van der Waals surface area contributed by atoms with Gasteiger partial charge >= 0.3 is 0 Å². The van der Waals surface area contributed by atoms with E-state index >= 15 is 0 Å². The van der Waals surface area contributed by atoms with E-state index in [2.05, 4.69) is 31.2 Å². The molecule has 5 nitrogen and oxygen atoms in total. The molecule has 1 rings (SSSR count). The van der Waals surface area contributed by atoms with E-state index in [0.29, 0.717) is 25.7 Å². The second-order valence-corrected chi connectivity index (χ2v) is 4.59. The van der Waals surface area contributed by atoms with Crippen molar-refractivity contribution in [2.45, 2.75) is 33.9 Å². The Bertz CT molecular complexity index is 313. The number of nitrogens with one attached hydrogen (secondary N) is 1. The molecular weight excluding hydrogens is 232 g/mol. The average molecular weight is 256 g/mol. The summed E-state index contributed by atoms with van der Waals surface area (Å²) in [5, 5.41) is 7.13. The minimum atomic E-state index is 0.449. The number of hydrogen-bond donors (Lipinski definition) is 1. The SMILES string of the molecule is CCNCc1cc(COCCOCC(C)C)on1. The fourth-order valence-corrected chi connectivity index (χ4v) is 1.37. The smallest absolute Gasteiger partial charge is 0.162 e. The van der Waals surface area contributed by atoms with Crippen LogP contribution in [0.4, 0.5) is 0 Å². The van der Waals surface area contributed by atoms with Crippen LogP contribution in [0.25, 0.3) is 0 Å². The molecule has 0 atom stereocenters. The summed E-state index contributed by atoms with van der Waals surface area (Å²) in [5.74, 6) is 1.32. The zero-order valence-corrected chi connectivity index (χ0v) is 11.6. The lowest BCUT2D eigenvalue weighted by molar-refractivity contribution is 0.0250. The monoisotopic (exact) mass is 256 g/mol. The number of aromatic nitrogens is 1. The van der Waals surface area contributed by atoms with Crippen LogP contribution in [0.3, 0.4) is 0 Å². The molecule has 104 valence electrons. The maximum atomic E-state index is 5.44. The number of rotatable bonds is 10. The second kappa shape index (κ2) is 9.08. The molecule has 0 spiro atoms. The number of hydrogen-bond acceptors (Lipinski definition) is 5. The zero-order valence-electron chi connectivity index (χ0n) is 11.6. The maximum absolute atomic E-state index is 5.44. The number of ether oxygens (including phenoxy) is 2. The Kier molecular flexibility index (Phi) is 7.64. The van der Waals surface area contributed by atoms with Crippen molar-refractivity contribution >= 4 is 0 Å². The lowest BCUT2D eigenvalue weighted by atomic mass is 10.2. The zero-order chi connectivity index (χ0) is 13.2. The summed E-state index contributed by atoms with van der Waals surface area (Å²) in [6, 6.07) is 1.91. The van der Waals surface area contributed by atoms with Crippen LogP contribution in [0.2, 0.25) is 0 Å². The van der Waals surface area contributed by atoms with E-state index in [1.807, 2.05) is 6.07 Å². The minimum absolute atomic E-state index is 0.449. The van der Waals surface area contributed by atoms with Crippen LogP contribution in [-0.2, 0) is 22.6 Å². The van der Waals surface area contributed by atoms with Crippen LogP contribution in [0.1, 0.15) is 32.2 Å². The molecular formula is C13H24N2O3. The molecule has 0 radical (unpaired) electrons. The lowest BCUT2D eigenvalue weighted by Gasteiger charge is -2.06. The summed E-state index contributed by atoms with van der Waals surface area (Å²) in [5.41, 5.74) is 0.909. The van der Waals surface area contributed by atoms with E-state index in [4.69, 9.17) is 14.0 Å². The molecule has 0 fully saturated rings. The van der Waals surface area contributed by atoms with Crippen molar-refractivity contribution < 1.29 is 14.0 Å². The molecule has 18 heavy (non-hydrogen) atoms. The third kappa shape index (κ3) is 6.74. The molecule has 0 saturated heterocycles. The highest BCUT2D eigenvalue weighted by Gasteiger charge is 2.03. The van der Waals surface area contributed by atoms with E-state index in [1.54, 1.807) is 0 Å². The van der Waals surface area contributed by atoms with Crippen molar-refractivity contribution in [1.82, 2.24) is 10.5 Å². The van der Waals surface area contributed by atoms with Gasteiger partial charge < -0.3 is 19.3 Å². The summed E-state index contributed by atoms with van der Waals surface area (Å²) in [6.07, 6.45) is 0. The Morgan fingerprint density at radius 3 is 2.83 bits per heavy atom. The molecule has 0 bridgehead atoms. The van der Waals surface area contributed by atoms with Gasteiger partial charge in [-0.1, -0.05) is 25.9 Å². The molecule has 0 amide bonds. The molecule has 1 heterocycles. The number of nitrogens with zero attached hydrogens (tertiary/aromatic N) is 1. The van der Waals surface area contributed by atoms with E-state index in [1.165, 1.54) is 0 Å². The average Bonchev–Trinajstić information content (AvgIpc) is 2.78. The van der Waals surface area contributed by atoms with Crippen LogP contribution in [-0.4, -0.2) is 31.5 Å². The summed E-state index contributed by atoms with van der Waals surface area (Å²) in [4.78, 5) is 0. The van der Waals surface area contributed by atoms with Gasteiger partial charge in [0.05, 0.1) is 18.9 Å². The van der Waals surface area contributed by atoms with E-state index < -0.39 is 0 Å². The van der Waals surface area contributed by atoms with Gasteiger partial charge in [-0.2, -0.15) is 0 Å². The first-order valence-corrected chi connectivity index (χ1v) is 6.53. The van der Waals surface area contributed by atoms with Crippen molar-refractivity contribution in [3.63, 3.8) is 0 Å². The molecule has 0 aliphatic carbocycles. The Morgan fingerprint density at radius 2 is 2.11 bits per heavy atom. The van der Waals surface area contributed by atoms with E-state index in [9.17, 15) is 0 Å². The van der Waals surface area contributed by atoms with Gasteiger partial charge in [-0.3, -0.25) is 0 Å². The van der Waals surface area contributed by atoms with Gasteiger partial charge in [0.1, 0.15) is 6.61 Å². The van der Waals surface area contributed by atoms with E-state index in [-0.39, 0.29) is 0 Å². The third-order valence-corrected chi connectivity index (χ3v) is 2.23. The van der Waals surface area contributed by atoms with Crippen LogP contribution in [0, 0.1) is 5.92 Å². The Hall–Kier alpha value is -0.910. The Balaban J connectivity index is 2.06. The predicted molar refractivity (Wildman–Crippen MR) is 69.2 cm³/mol. The predicted octanol–water partition coefficient (Wildman–Crippen LogP) is 1.97. The van der Waals surface area contributed by atoms with Crippen LogP contribution < -0.4 is 5.32 Å². The summed E-state index contributed by atoms with van der Waals surface area (Å²) >= 11 is 0. The molecule has 1 N–H and O–H groups in total. The van der Waals surface area contributed by atoms with Gasteiger partial charge in [-0.05, 0) is 12.5 Å². The summed E-state index contributed by atoms with van der Waals surface area (Å²) in [7, 11) is 0. The Labute approximate surface area is 109 Å².